The smallest absolute Gasteiger partial charge is 0.242 e. The maximum Gasteiger partial charge on any atom is 0.242 e. The third kappa shape index (κ3) is 5.07. The van der Waals surface area contributed by atoms with Gasteiger partial charge in [0, 0.05) is 32.2 Å². The Bertz CT molecular complexity index is 492. The van der Waals surface area contributed by atoms with Crippen LogP contribution in [0.4, 0.5) is 0 Å². The molecule has 7 heteroatoms. The molecule has 0 aromatic carbocycles. The van der Waals surface area contributed by atoms with Crippen molar-refractivity contribution in [1.29, 1.82) is 0 Å². The summed E-state index contributed by atoms with van der Waals surface area (Å²) in [6, 6.07) is 0.204. The molecule has 2 fully saturated rings. The molecule has 1 atom stereocenters. The number of hydrogen-bond donors (Lipinski definition) is 1. The van der Waals surface area contributed by atoms with Gasteiger partial charge in [0.1, 0.15) is 0 Å². The van der Waals surface area contributed by atoms with Gasteiger partial charge >= 0.3 is 0 Å². The van der Waals surface area contributed by atoms with Gasteiger partial charge in [0.05, 0.1) is 31.3 Å². The molecule has 0 radical (unpaired) electrons. The van der Waals surface area contributed by atoms with E-state index in [0.29, 0.717) is 13.1 Å². The van der Waals surface area contributed by atoms with Crippen LogP contribution in [0.15, 0.2) is 4.99 Å². The number of guanidine groups is 1. The predicted octanol–water partition coefficient (Wildman–Crippen LogP) is 0.614. The van der Waals surface area contributed by atoms with Crippen LogP contribution in [0.3, 0.4) is 0 Å². The minimum atomic E-state index is -0.221. The van der Waals surface area contributed by atoms with E-state index in [4.69, 9.17) is 9.73 Å². The number of amides is 1. The molecular formula is C18H35N5O2. The molecule has 1 N–H and O–H groups in total. The lowest BCUT2D eigenvalue weighted by Crippen LogP contribution is -2.66. The molecule has 0 bridgehead atoms. The van der Waals surface area contributed by atoms with Gasteiger partial charge in [0.2, 0.25) is 5.91 Å². The van der Waals surface area contributed by atoms with Gasteiger partial charge < -0.3 is 24.8 Å². The van der Waals surface area contributed by atoms with Gasteiger partial charge in [-0.25, -0.2) is 0 Å². The Morgan fingerprint density at radius 2 is 2.16 bits per heavy atom. The Kier molecular flexibility index (Phi) is 6.68. The van der Waals surface area contributed by atoms with E-state index >= 15 is 0 Å². The highest BCUT2D eigenvalue weighted by Crippen LogP contribution is 2.24. The normalized spacial score (nSPS) is 25.6. The van der Waals surface area contributed by atoms with Crippen LogP contribution >= 0.6 is 0 Å². The molecule has 2 aliphatic heterocycles. The number of nitrogens with zero attached hydrogens (tertiary/aromatic N) is 4. The molecule has 1 amide bonds. The molecule has 1 unspecified atom stereocenters. The van der Waals surface area contributed by atoms with E-state index in [1.807, 2.05) is 4.90 Å². The summed E-state index contributed by atoms with van der Waals surface area (Å²) in [6.45, 7) is 15.6. The Hall–Kier alpha value is -1.34. The molecule has 2 heterocycles. The van der Waals surface area contributed by atoms with Crippen LogP contribution in [0.2, 0.25) is 0 Å². The number of aliphatic imine (C=N–C) groups is 1. The largest absolute Gasteiger partial charge is 0.374 e. The van der Waals surface area contributed by atoms with Gasteiger partial charge in [-0.2, -0.15) is 0 Å². The predicted molar refractivity (Wildman–Crippen MR) is 101 cm³/mol. The van der Waals surface area contributed by atoms with E-state index in [1.54, 1.807) is 0 Å². The standard InChI is InChI=1S/C18H35N5O2/c1-7-19-17(20-10-15-11-21(6)8-9-25-15)22-12-16(24)23(14(2)3)18(4,5)13-22/h14-15H,7-13H2,1-6H3,(H,19,20). The number of rotatable bonds is 4. The molecule has 0 aliphatic carbocycles. The van der Waals surface area contributed by atoms with E-state index < -0.39 is 0 Å². The second-order valence-electron chi connectivity index (χ2n) is 7.98. The highest BCUT2D eigenvalue weighted by molar-refractivity contribution is 5.88. The summed E-state index contributed by atoms with van der Waals surface area (Å²) in [5, 5.41) is 3.34. The topological polar surface area (TPSA) is 60.4 Å². The molecule has 0 aromatic rings. The maximum absolute atomic E-state index is 12.7. The zero-order chi connectivity index (χ0) is 18.6. The summed E-state index contributed by atoms with van der Waals surface area (Å²) in [4.78, 5) is 23.8. The first-order chi connectivity index (χ1) is 11.7. The van der Waals surface area contributed by atoms with Crippen LogP contribution in [-0.2, 0) is 9.53 Å². The Labute approximate surface area is 152 Å². The average molecular weight is 354 g/mol. The summed E-state index contributed by atoms with van der Waals surface area (Å²) in [6.07, 6.45) is 0.119. The summed E-state index contributed by atoms with van der Waals surface area (Å²) in [5.74, 6) is 0.967. The number of piperazine rings is 1. The number of ether oxygens (including phenoxy) is 1. The van der Waals surface area contributed by atoms with E-state index in [-0.39, 0.29) is 23.6 Å². The van der Waals surface area contributed by atoms with E-state index in [9.17, 15) is 4.79 Å². The van der Waals surface area contributed by atoms with Gasteiger partial charge in [0.15, 0.2) is 5.96 Å². The van der Waals surface area contributed by atoms with Crippen molar-refractivity contribution in [2.75, 3.05) is 52.9 Å². The average Bonchev–Trinajstić information content (AvgIpc) is 2.49. The molecule has 0 saturated carbocycles. The molecule has 144 valence electrons. The zero-order valence-corrected chi connectivity index (χ0v) is 16.7. The number of carbonyl (C=O) groups is 1. The van der Waals surface area contributed by atoms with Crippen molar-refractivity contribution in [3.63, 3.8) is 0 Å². The van der Waals surface area contributed by atoms with Crippen molar-refractivity contribution in [1.82, 2.24) is 20.0 Å². The SMILES string of the molecule is CCNC(=NCC1CN(C)CCO1)N1CC(=O)N(C(C)C)C(C)(C)C1. The Balaban J connectivity index is 2.09. The van der Waals surface area contributed by atoms with E-state index in [0.717, 1.165) is 38.7 Å². The van der Waals surface area contributed by atoms with Gasteiger partial charge in [0.25, 0.3) is 0 Å². The minimum Gasteiger partial charge on any atom is -0.374 e. The first-order valence-corrected chi connectivity index (χ1v) is 9.40. The first-order valence-electron chi connectivity index (χ1n) is 9.40. The lowest BCUT2D eigenvalue weighted by molar-refractivity contribution is -0.145. The van der Waals surface area contributed by atoms with E-state index in [2.05, 4.69) is 56.8 Å². The van der Waals surface area contributed by atoms with Crippen LogP contribution in [-0.4, -0.2) is 97.2 Å². The van der Waals surface area contributed by atoms with Crippen molar-refractivity contribution >= 4 is 11.9 Å². The van der Waals surface area contributed by atoms with Crippen molar-refractivity contribution in [2.45, 2.75) is 52.3 Å². The van der Waals surface area contributed by atoms with Crippen LogP contribution < -0.4 is 5.32 Å². The summed E-state index contributed by atoms with van der Waals surface area (Å²) >= 11 is 0. The number of likely N-dealkylation sites (N-methyl/N-ethyl adjacent to an activating group) is 1. The van der Waals surface area contributed by atoms with Crippen molar-refractivity contribution in [2.24, 2.45) is 4.99 Å². The van der Waals surface area contributed by atoms with Crippen molar-refractivity contribution < 1.29 is 9.53 Å². The molecule has 2 saturated heterocycles. The molecule has 25 heavy (non-hydrogen) atoms. The fourth-order valence-electron chi connectivity index (χ4n) is 3.90. The third-order valence-corrected chi connectivity index (χ3v) is 4.76. The molecule has 0 spiro atoms. The fraction of sp³-hybridized carbons (Fsp3) is 0.889. The monoisotopic (exact) mass is 353 g/mol. The fourth-order valence-corrected chi connectivity index (χ4v) is 3.90. The van der Waals surface area contributed by atoms with Crippen LogP contribution in [0.25, 0.3) is 0 Å². The van der Waals surface area contributed by atoms with Crippen LogP contribution in [0, 0.1) is 0 Å². The number of carbonyl (C=O) groups excluding carboxylic acids is 1. The lowest BCUT2D eigenvalue weighted by atomic mass is 9.96. The number of morpholine rings is 1. The molecule has 2 rings (SSSR count). The minimum absolute atomic E-state index is 0.119. The van der Waals surface area contributed by atoms with Gasteiger partial charge in [-0.1, -0.05) is 0 Å². The van der Waals surface area contributed by atoms with Crippen LogP contribution in [0.5, 0.6) is 0 Å². The first kappa shape index (κ1) is 20.0. The molecule has 7 nitrogen and oxygen atoms in total. The van der Waals surface area contributed by atoms with Gasteiger partial charge in [-0.15, -0.1) is 0 Å². The summed E-state index contributed by atoms with van der Waals surface area (Å²) in [5.41, 5.74) is -0.221. The highest BCUT2D eigenvalue weighted by atomic mass is 16.5. The summed E-state index contributed by atoms with van der Waals surface area (Å²) in [7, 11) is 2.11. The third-order valence-electron chi connectivity index (χ3n) is 4.76. The van der Waals surface area contributed by atoms with Crippen LogP contribution in [0.1, 0.15) is 34.6 Å². The maximum atomic E-state index is 12.7. The quantitative estimate of drug-likeness (QED) is 0.593. The lowest BCUT2D eigenvalue weighted by Gasteiger charge is -2.49. The molecule has 0 aromatic heterocycles. The van der Waals surface area contributed by atoms with Gasteiger partial charge in [-0.3, -0.25) is 9.79 Å². The number of hydrogen-bond acceptors (Lipinski definition) is 4. The highest BCUT2D eigenvalue weighted by Gasteiger charge is 2.40. The molecule has 2 aliphatic rings. The summed E-state index contributed by atoms with van der Waals surface area (Å²) < 4.78 is 5.80. The second kappa shape index (κ2) is 8.36. The zero-order valence-electron chi connectivity index (χ0n) is 16.7. The van der Waals surface area contributed by atoms with E-state index in [1.165, 1.54) is 0 Å². The van der Waals surface area contributed by atoms with Crippen molar-refractivity contribution in [3.05, 3.63) is 0 Å². The van der Waals surface area contributed by atoms with Crippen molar-refractivity contribution in [3.8, 4) is 0 Å². The second-order valence-corrected chi connectivity index (χ2v) is 7.98. The molecular weight excluding hydrogens is 318 g/mol. The Morgan fingerprint density at radius 3 is 2.72 bits per heavy atom. The Morgan fingerprint density at radius 1 is 1.44 bits per heavy atom. The number of nitrogens with one attached hydrogen (secondary N) is 1. The van der Waals surface area contributed by atoms with Gasteiger partial charge in [-0.05, 0) is 41.7 Å².